The van der Waals surface area contributed by atoms with E-state index in [1.165, 1.54) is 12.6 Å². The van der Waals surface area contributed by atoms with Crippen molar-refractivity contribution in [2.75, 3.05) is 5.32 Å². The highest BCUT2D eigenvalue weighted by Crippen LogP contribution is 2.61. The van der Waals surface area contributed by atoms with Crippen molar-refractivity contribution in [2.45, 2.75) is 46.2 Å². The number of carbonyl (C=O) groups is 2. The molecule has 0 aliphatic heterocycles. The number of fused-ring (bicyclic) bond motifs is 2. The van der Waals surface area contributed by atoms with Crippen molar-refractivity contribution in [3.05, 3.63) is 22.1 Å². The SMILES string of the molecule is C[C@@H]1[C@H]2C[C@@H](C[C@H]1Nc1cnn(CC(=O)O)c(=O)c1C=O)C2(C)C. The van der Waals surface area contributed by atoms with Gasteiger partial charge in [0.05, 0.1) is 11.9 Å². The predicted molar refractivity (Wildman–Crippen MR) is 88.1 cm³/mol. The standard InChI is InChI=1S/C17H23N3O4/c1-9-12-4-10(17(12,2)3)5-13(9)19-14-6-18-20(7-15(22)23)16(24)11(14)8-21/h6,8-10,12-13,19H,4-5,7H2,1-3H3,(H,22,23)/t9-,10+,12-,13-/m1/s1. The Labute approximate surface area is 140 Å². The van der Waals surface area contributed by atoms with Crippen molar-refractivity contribution in [1.29, 1.82) is 0 Å². The number of hydrogen-bond acceptors (Lipinski definition) is 5. The molecule has 3 aliphatic rings. The first-order valence-electron chi connectivity index (χ1n) is 8.29. The van der Waals surface area contributed by atoms with Gasteiger partial charge in [0.25, 0.3) is 5.56 Å². The number of aldehydes is 1. The minimum absolute atomic E-state index is 0.0584. The van der Waals surface area contributed by atoms with Crippen molar-refractivity contribution >= 4 is 17.9 Å². The van der Waals surface area contributed by atoms with E-state index in [2.05, 4.69) is 31.2 Å². The summed E-state index contributed by atoms with van der Waals surface area (Å²) in [4.78, 5) is 34.3. The van der Waals surface area contributed by atoms with Crippen LogP contribution in [0.1, 0.15) is 44.0 Å². The maximum atomic E-state index is 12.2. The number of rotatable bonds is 5. The highest BCUT2D eigenvalue weighted by atomic mass is 16.4. The van der Waals surface area contributed by atoms with E-state index in [-0.39, 0.29) is 11.6 Å². The quantitative estimate of drug-likeness (QED) is 0.794. The third-order valence-corrected chi connectivity index (χ3v) is 6.18. The molecule has 130 valence electrons. The number of carbonyl (C=O) groups excluding carboxylic acids is 1. The summed E-state index contributed by atoms with van der Waals surface area (Å²) in [6.07, 6.45) is 4.10. The van der Waals surface area contributed by atoms with Crippen LogP contribution in [0.2, 0.25) is 0 Å². The fraction of sp³-hybridized carbons (Fsp3) is 0.647. The average molecular weight is 333 g/mol. The monoisotopic (exact) mass is 333 g/mol. The molecule has 3 fully saturated rings. The van der Waals surface area contributed by atoms with Gasteiger partial charge < -0.3 is 10.4 Å². The van der Waals surface area contributed by atoms with E-state index in [1.54, 1.807) is 0 Å². The number of nitrogens with zero attached hydrogens (tertiary/aromatic N) is 2. The van der Waals surface area contributed by atoms with E-state index >= 15 is 0 Å². The number of nitrogens with one attached hydrogen (secondary N) is 1. The molecule has 3 saturated carbocycles. The lowest BCUT2D eigenvalue weighted by Crippen LogP contribution is -2.58. The molecule has 0 aromatic carbocycles. The molecule has 7 nitrogen and oxygen atoms in total. The molecule has 4 atom stereocenters. The van der Waals surface area contributed by atoms with Crippen LogP contribution in [0.25, 0.3) is 0 Å². The van der Waals surface area contributed by atoms with Crippen molar-refractivity contribution in [2.24, 2.45) is 23.2 Å². The first-order valence-corrected chi connectivity index (χ1v) is 8.29. The van der Waals surface area contributed by atoms with Crippen LogP contribution in [0.5, 0.6) is 0 Å². The van der Waals surface area contributed by atoms with E-state index in [1.807, 2.05) is 0 Å². The summed E-state index contributed by atoms with van der Waals surface area (Å²) in [7, 11) is 0. The lowest BCUT2D eigenvalue weighted by molar-refractivity contribution is -0.138. The van der Waals surface area contributed by atoms with Gasteiger partial charge in [0.1, 0.15) is 12.1 Å². The van der Waals surface area contributed by atoms with Crippen LogP contribution in [-0.4, -0.2) is 33.2 Å². The zero-order valence-corrected chi connectivity index (χ0v) is 14.2. The van der Waals surface area contributed by atoms with E-state index in [0.29, 0.717) is 35.1 Å². The first-order chi connectivity index (χ1) is 11.3. The smallest absolute Gasteiger partial charge is 0.325 e. The second-order valence-corrected chi connectivity index (χ2v) is 7.65. The van der Waals surface area contributed by atoms with Crippen molar-refractivity contribution in [1.82, 2.24) is 9.78 Å². The summed E-state index contributed by atoms with van der Waals surface area (Å²) in [5.74, 6) is 0.543. The highest BCUT2D eigenvalue weighted by Gasteiger charge is 2.56. The van der Waals surface area contributed by atoms with Crippen molar-refractivity contribution in [3.8, 4) is 0 Å². The van der Waals surface area contributed by atoms with E-state index in [4.69, 9.17) is 5.11 Å². The zero-order chi connectivity index (χ0) is 17.6. The van der Waals surface area contributed by atoms with Crippen molar-refractivity contribution < 1.29 is 14.7 Å². The van der Waals surface area contributed by atoms with Gasteiger partial charge >= 0.3 is 5.97 Å². The van der Waals surface area contributed by atoms with Crippen LogP contribution in [0.4, 0.5) is 5.69 Å². The molecule has 0 radical (unpaired) electrons. The van der Waals surface area contributed by atoms with Crippen LogP contribution in [-0.2, 0) is 11.3 Å². The Morgan fingerprint density at radius 1 is 1.50 bits per heavy atom. The topological polar surface area (TPSA) is 101 Å². The second kappa shape index (κ2) is 5.72. The molecule has 2 N–H and O–H groups in total. The van der Waals surface area contributed by atoms with Crippen LogP contribution in [0, 0.1) is 23.2 Å². The lowest BCUT2D eigenvalue weighted by Gasteiger charge is -2.62. The molecule has 1 heterocycles. The molecule has 1 aromatic rings. The summed E-state index contributed by atoms with van der Waals surface area (Å²) in [5, 5.41) is 16.0. The fourth-order valence-corrected chi connectivity index (χ4v) is 4.51. The molecular weight excluding hydrogens is 310 g/mol. The van der Waals surface area contributed by atoms with Gasteiger partial charge in [-0.3, -0.25) is 14.4 Å². The molecular formula is C17H23N3O4. The maximum absolute atomic E-state index is 12.2. The van der Waals surface area contributed by atoms with Gasteiger partial charge in [-0.05, 0) is 36.0 Å². The Balaban J connectivity index is 1.84. The van der Waals surface area contributed by atoms with Crippen LogP contribution in [0.15, 0.2) is 11.0 Å². The summed E-state index contributed by atoms with van der Waals surface area (Å²) >= 11 is 0. The largest absolute Gasteiger partial charge is 0.480 e. The molecule has 1 aromatic heterocycles. The first kappa shape index (κ1) is 16.7. The van der Waals surface area contributed by atoms with E-state index < -0.39 is 18.1 Å². The normalized spacial score (nSPS) is 30.3. The van der Waals surface area contributed by atoms with Crippen molar-refractivity contribution in [3.63, 3.8) is 0 Å². The van der Waals surface area contributed by atoms with Gasteiger partial charge in [0, 0.05) is 6.04 Å². The number of aliphatic carboxylic acids is 1. The van der Waals surface area contributed by atoms with Gasteiger partial charge in [-0.15, -0.1) is 0 Å². The molecule has 0 saturated heterocycles. The Morgan fingerprint density at radius 3 is 2.75 bits per heavy atom. The number of carboxylic acid groups (broad SMARTS) is 1. The zero-order valence-electron chi connectivity index (χ0n) is 14.2. The molecule has 3 aliphatic carbocycles. The fourth-order valence-electron chi connectivity index (χ4n) is 4.51. The number of aromatic nitrogens is 2. The maximum Gasteiger partial charge on any atom is 0.325 e. The van der Waals surface area contributed by atoms with Crippen LogP contribution in [0.3, 0.4) is 0 Å². The Bertz CT molecular complexity index is 740. The van der Waals surface area contributed by atoms with Gasteiger partial charge in [-0.1, -0.05) is 20.8 Å². The Morgan fingerprint density at radius 2 is 2.21 bits per heavy atom. The number of carboxylic acids is 1. The summed E-state index contributed by atoms with van der Waals surface area (Å²) in [5.41, 5.74) is 0.0183. The van der Waals surface area contributed by atoms with Crippen LogP contribution >= 0.6 is 0 Å². The van der Waals surface area contributed by atoms with Gasteiger partial charge in [-0.25, -0.2) is 4.68 Å². The van der Waals surface area contributed by atoms with Crippen LogP contribution < -0.4 is 10.9 Å². The highest BCUT2D eigenvalue weighted by molar-refractivity contribution is 5.83. The molecule has 0 spiro atoms. The molecule has 7 heteroatoms. The van der Waals surface area contributed by atoms with E-state index in [9.17, 15) is 14.4 Å². The third-order valence-electron chi connectivity index (χ3n) is 6.18. The summed E-state index contributed by atoms with van der Waals surface area (Å²) in [6, 6.07) is 0.192. The third kappa shape index (κ3) is 2.52. The van der Waals surface area contributed by atoms with Gasteiger partial charge in [0.15, 0.2) is 6.29 Å². The second-order valence-electron chi connectivity index (χ2n) is 7.65. The van der Waals surface area contributed by atoms with E-state index in [0.717, 1.165) is 11.1 Å². The summed E-state index contributed by atoms with van der Waals surface area (Å²) in [6.45, 7) is 6.27. The number of hydrogen-bond donors (Lipinski definition) is 2. The molecule has 0 unspecified atom stereocenters. The minimum atomic E-state index is -1.18. The molecule has 24 heavy (non-hydrogen) atoms. The lowest BCUT2D eigenvalue weighted by atomic mass is 9.45. The summed E-state index contributed by atoms with van der Waals surface area (Å²) < 4.78 is 0.794. The Hall–Kier alpha value is -2.18. The number of anilines is 1. The molecule has 4 rings (SSSR count). The minimum Gasteiger partial charge on any atom is -0.480 e. The Kier molecular flexibility index (Phi) is 3.97. The molecule has 2 bridgehead atoms. The van der Waals surface area contributed by atoms with Gasteiger partial charge in [-0.2, -0.15) is 5.10 Å². The molecule has 0 amide bonds. The average Bonchev–Trinajstić information content (AvgIpc) is 2.51. The predicted octanol–water partition coefficient (Wildman–Crippen LogP) is 1.62. The van der Waals surface area contributed by atoms with Gasteiger partial charge in [0.2, 0.25) is 0 Å².